The molecular formula is C17H23N3O3. The normalized spacial score (nSPS) is 10.2. The summed E-state index contributed by atoms with van der Waals surface area (Å²) in [6.07, 6.45) is 6.96. The molecule has 6 nitrogen and oxygen atoms in total. The second kappa shape index (κ2) is 10.4. The lowest BCUT2D eigenvalue weighted by Gasteiger charge is -2.14. The summed E-state index contributed by atoms with van der Waals surface area (Å²) in [5.74, 6) is 2.06. The average molecular weight is 317 g/mol. The van der Waals surface area contributed by atoms with Crippen LogP contribution in [0.4, 0.5) is 5.69 Å². The van der Waals surface area contributed by atoms with E-state index in [1.807, 2.05) is 36.2 Å². The van der Waals surface area contributed by atoms with Crippen LogP contribution in [0.3, 0.4) is 0 Å². The molecule has 6 heteroatoms. The zero-order valence-electron chi connectivity index (χ0n) is 13.3. The molecule has 0 aromatic heterocycles. The second-order valence-corrected chi connectivity index (χ2v) is 5.37. The summed E-state index contributed by atoms with van der Waals surface area (Å²) in [5.41, 5.74) is 3.38. The number of carbonyl (C=O) groups is 2. The van der Waals surface area contributed by atoms with Crippen LogP contribution in [0.5, 0.6) is 0 Å². The van der Waals surface area contributed by atoms with Crippen LogP contribution in [0.15, 0.2) is 24.3 Å². The van der Waals surface area contributed by atoms with Gasteiger partial charge in [-0.05, 0) is 37.6 Å². The predicted octanol–water partition coefficient (Wildman–Crippen LogP) is 1.76. The number of nitrogens with one attached hydrogen (secondary N) is 2. The van der Waals surface area contributed by atoms with Crippen LogP contribution in [0.25, 0.3) is 0 Å². The molecule has 0 aliphatic rings. The first-order valence-corrected chi connectivity index (χ1v) is 7.49. The first kappa shape index (κ1) is 18.7. The standard InChI is InChI=1S/C17H23N3O3/c1-3-11-20(2)13-14-7-6-8-15(12-14)18-16(21)9-4-5-10-17(22)19-23/h1,6-8,12,23H,4-5,9-11,13H2,2H3,(H,18,21)(H,19,22). The molecule has 0 aliphatic heterocycles. The minimum absolute atomic E-state index is 0.0939. The van der Waals surface area contributed by atoms with E-state index in [9.17, 15) is 9.59 Å². The second-order valence-electron chi connectivity index (χ2n) is 5.37. The lowest BCUT2D eigenvalue weighted by molar-refractivity contribution is -0.129. The van der Waals surface area contributed by atoms with Crippen LogP contribution in [0, 0.1) is 12.3 Å². The Morgan fingerprint density at radius 1 is 1.26 bits per heavy atom. The Morgan fingerprint density at radius 3 is 2.61 bits per heavy atom. The van der Waals surface area contributed by atoms with Crippen molar-refractivity contribution in [3.8, 4) is 12.3 Å². The number of unbranched alkanes of at least 4 members (excludes halogenated alkanes) is 1. The van der Waals surface area contributed by atoms with E-state index in [-0.39, 0.29) is 12.3 Å². The summed E-state index contributed by atoms with van der Waals surface area (Å²) in [6.45, 7) is 1.28. The maximum atomic E-state index is 11.9. The highest BCUT2D eigenvalue weighted by molar-refractivity contribution is 5.90. The zero-order valence-corrected chi connectivity index (χ0v) is 13.3. The monoisotopic (exact) mass is 317 g/mol. The fourth-order valence-corrected chi connectivity index (χ4v) is 2.12. The van der Waals surface area contributed by atoms with Crippen LogP contribution in [-0.2, 0) is 16.1 Å². The van der Waals surface area contributed by atoms with Gasteiger partial charge in [-0.25, -0.2) is 5.48 Å². The number of rotatable bonds is 9. The van der Waals surface area contributed by atoms with Crippen LogP contribution in [-0.4, -0.2) is 35.5 Å². The molecule has 1 aromatic rings. The van der Waals surface area contributed by atoms with Crippen molar-refractivity contribution in [2.24, 2.45) is 0 Å². The predicted molar refractivity (Wildman–Crippen MR) is 88.6 cm³/mol. The van der Waals surface area contributed by atoms with E-state index in [1.54, 1.807) is 5.48 Å². The Hall–Kier alpha value is -2.36. The van der Waals surface area contributed by atoms with E-state index in [1.165, 1.54) is 0 Å². The van der Waals surface area contributed by atoms with Crippen molar-refractivity contribution in [1.29, 1.82) is 0 Å². The zero-order chi connectivity index (χ0) is 17.1. The van der Waals surface area contributed by atoms with Gasteiger partial charge in [0.25, 0.3) is 0 Å². The van der Waals surface area contributed by atoms with Crippen molar-refractivity contribution < 1.29 is 14.8 Å². The molecule has 1 rings (SSSR count). The Labute approximate surface area is 136 Å². The maximum absolute atomic E-state index is 11.9. The molecule has 0 saturated heterocycles. The highest BCUT2D eigenvalue weighted by Crippen LogP contribution is 2.13. The smallest absolute Gasteiger partial charge is 0.243 e. The van der Waals surface area contributed by atoms with Gasteiger partial charge in [-0.1, -0.05) is 18.1 Å². The summed E-state index contributed by atoms with van der Waals surface area (Å²) in [6, 6.07) is 7.63. The van der Waals surface area contributed by atoms with Crippen LogP contribution in [0.1, 0.15) is 31.2 Å². The highest BCUT2D eigenvalue weighted by atomic mass is 16.5. The molecule has 0 radical (unpaired) electrons. The summed E-state index contributed by atoms with van der Waals surface area (Å²) < 4.78 is 0. The summed E-state index contributed by atoms with van der Waals surface area (Å²) in [7, 11) is 1.94. The van der Waals surface area contributed by atoms with Gasteiger partial charge in [0.15, 0.2) is 0 Å². The fraction of sp³-hybridized carbons (Fsp3) is 0.412. The lowest BCUT2D eigenvalue weighted by Crippen LogP contribution is -2.18. The number of hydrogen-bond donors (Lipinski definition) is 3. The molecule has 2 amide bonds. The van der Waals surface area contributed by atoms with Crippen molar-refractivity contribution in [3.63, 3.8) is 0 Å². The SMILES string of the molecule is C#CCN(C)Cc1cccc(NC(=O)CCCCC(=O)NO)c1. The third-order valence-corrected chi connectivity index (χ3v) is 3.21. The number of hydroxylamine groups is 1. The Bertz CT molecular complexity index is 566. The summed E-state index contributed by atoms with van der Waals surface area (Å²) in [5, 5.41) is 11.2. The molecule has 3 N–H and O–H groups in total. The Kier molecular flexibility index (Phi) is 8.43. The molecular weight excluding hydrogens is 294 g/mol. The van der Waals surface area contributed by atoms with E-state index in [0.29, 0.717) is 32.4 Å². The number of carbonyl (C=O) groups excluding carboxylic acids is 2. The Balaban J connectivity index is 2.40. The molecule has 0 bridgehead atoms. The minimum atomic E-state index is -0.436. The van der Waals surface area contributed by atoms with E-state index >= 15 is 0 Å². The van der Waals surface area contributed by atoms with Crippen LogP contribution < -0.4 is 10.8 Å². The van der Waals surface area contributed by atoms with E-state index in [2.05, 4.69) is 11.2 Å². The summed E-state index contributed by atoms with van der Waals surface area (Å²) >= 11 is 0. The molecule has 0 fully saturated rings. The van der Waals surface area contributed by atoms with Gasteiger partial charge in [0.1, 0.15) is 0 Å². The molecule has 0 heterocycles. The Morgan fingerprint density at radius 2 is 1.96 bits per heavy atom. The topological polar surface area (TPSA) is 81.7 Å². The minimum Gasteiger partial charge on any atom is -0.326 e. The number of amides is 2. The summed E-state index contributed by atoms with van der Waals surface area (Å²) in [4.78, 5) is 24.7. The molecule has 1 aromatic carbocycles. The van der Waals surface area contributed by atoms with Gasteiger partial charge < -0.3 is 5.32 Å². The lowest BCUT2D eigenvalue weighted by atomic mass is 10.1. The molecule has 0 unspecified atom stereocenters. The number of terminal acetylenes is 1. The van der Waals surface area contributed by atoms with Crippen molar-refractivity contribution in [3.05, 3.63) is 29.8 Å². The first-order chi connectivity index (χ1) is 11.0. The van der Waals surface area contributed by atoms with Gasteiger partial charge in [-0.2, -0.15) is 0 Å². The maximum Gasteiger partial charge on any atom is 0.243 e. The van der Waals surface area contributed by atoms with Crippen molar-refractivity contribution in [2.75, 3.05) is 18.9 Å². The number of benzene rings is 1. The largest absolute Gasteiger partial charge is 0.326 e. The highest BCUT2D eigenvalue weighted by Gasteiger charge is 2.05. The molecule has 0 spiro atoms. The quantitative estimate of drug-likeness (QED) is 0.280. The molecule has 0 atom stereocenters. The molecule has 0 saturated carbocycles. The van der Waals surface area contributed by atoms with Gasteiger partial charge in [0, 0.05) is 25.1 Å². The van der Waals surface area contributed by atoms with Crippen molar-refractivity contribution in [2.45, 2.75) is 32.2 Å². The fourth-order valence-electron chi connectivity index (χ4n) is 2.12. The van der Waals surface area contributed by atoms with Crippen LogP contribution >= 0.6 is 0 Å². The molecule has 23 heavy (non-hydrogen) atoms. The third kappa shape index (κ3) is 8.00. The number of anilines is 1. The van der Waals surface area contributed by atoms with E-state index < -0.39 is 5.91 Å². The molecule has 124 valence electrons. The number of hydrogen-bond acceptors (Lipinski definition) is 4. The van der Waals surface area contributed by atoms with E-state index in [4.69, 9.17) is 11.6 Å². The first-order valence-electron chi connectivity index (χ1n) is 7.49. The van der Waals surface area contributed by atoms with Gasteiger partial charge in [-0.3, -0.25) is 19.7 Å². The van der Waals surface area contributed by atoms with Crippen molar-refractivity contribution in [1.82, 2.24) is 10.4 Å². The number of nitrogens with zero attached hydrogens (tertiary/aromatic N) is 1. The molecule has 0 aliphatic carbocycles. The van der Waals surface area contributed by atoms with Gasteiger partial charge >= 0.3 is 0 Å². The van der Waals surface area contributed by atoms with Crippen LogP contribution in [0.2, 0.25) is 0 Å². The van der Waals surface area contributed by atoms with Gasteiger partial charge in [0.05, 0.1) is 6.54 Å². The van der Waals surface area contributed by atoms with Gasteiger partial charge in [0.2, 0.25) is 11.8 Å². The average Bonchev–Trinajstić information content (AvgIpc) is 2.51. The van der Waals surface area contributed by atoms with Gasteiger partial charge in [-0.15, -0.1) is 6.42 Å². The van der Waals surface area contributed by atoms with E-state index in [0.717, 1.165) is 11.3 Å². The third-order valence-electron chi connectivity index (χ3n) is 3.21. The van der Waals surface area contributed by atoms with Crippen molar-refractivity contribution >= 4 is 17.5 Å².